The van der Waals surface area contributed by atoms with Gasteiger partial charge in [-0.1, -0.05) is 6.92 Å². The molecule has 0 amide bonds. The number of nitrogens with zero attached hydrogens (tertiary/aromatic N) is 1. The maximum atomic E-state index is 5.83. The molecule has 0 saturated heterocycles. The molecule has 1 aromatic rings. The van der Waals surface area contributed by atoms with E-state index in [1.807, 2.05) is 13.1 Å². The van der Waals surface area contributed by atoms with Crippen molar-refractivity contribution in [2.75, 3.05) is 19.3 Å². The zero-order valence-electron chi connectivity index (χ0n) is 9.17. The highest BCUT2D eigenvalue weighted by Gasteiger charge is 2.08. The fourth-order valence-corrected chi connectivity index (χ4v) is 1.64. The second kappa shape index (κ2) is 4.96. The van der Waals surface area contributed by atoms with E-state index < -0.39 is 0 Å². The van der Waals surface area contributed by atoms with Crippen molar-refractivity contribution in [1.29, 1.82) is 0 Å². The Balaban J connectivity index is 2.75. The smallest absolute Gasteiger partial charge is 0.126 e. The average Bonchev–Trinajstić information content (AvgIpc) is 2.12. The molecule has 14 heavy (non-hydrogen) atoms. The predicted octanol–water partition coefficient (Wildman–Crippen LogP) is 1.37. The Morgan fingerprint density at radius 2 is 2.29 bits per heavy atom. The molecule has 0 aromatic carbocycles. The highest BCUT2D eigenvalue weighted by Crippen LogP contribution is 2.17. The van der Waals surface area contributed by atoms with E-state index in [4.69, 9.17) is 5.73 Å². The summed E-state index contributed by atoms with van der Waals surface area (Å²) in [4.78, 5) is 4.11. The highest BCUT2D eigenvalue weighted by molar-refractivity contribution is 5.43. The van der Waals surface area contributed by atoms with Gasteiger partial charge in [-0.3, -0.25) is 0 Å². The van der Waals surface area contributed by atoms with Gasteiger partial charge in [0.15, 0.2) is 0 Å². The largest absolute Gasteiger partial charge is 0.383 e. The topological polar surface area (TPSA) is 50.9 Å². The maximum Gasteiger partial charge on any atom is 0.126 e. The Kier molecular flexibility index (Phi) is 3.89. The summed E-state index contributed by atoms with van der Waals surface area (Å²) in [5.41, 5.74) is 8.26. The summed E-state index contributed by atoms with van der Waals surface area (Å²) in [5.74, 6) is 1.26. The van der Waals surface area contributed by atoms with Gasteiger partial charge in [-0.15, -0.1) is 0 Å². The molecule has 0 fully saturated rings. The van der Waals surface area contributed by atoms with Crippen LogP contribution < -0.4 is 11.1 Å². The minimum atomic E-state index is 0.588. The molecule has 3 heteroatoms. The van der Waals surface area contributed by atoms with Crippen LogP contribution in [0.15, 0.2) is 12.3 Å². The second-order valence-electron chi connectivity index (χ2n) is 3.86. The highest BCUT2D eigenvalue weighted by atomic mass is 14.8. The van der Waals surface area contributed by atoms with Gasteiger partial charge in [0.25, 0.3) is 0 Å². The Morgan fingerprint density at radius 1 is 1.57 bits per heavy atom. The average molecular weight is 193 g/mol. The van der Waals surface area contributed by atoms with Crippen molar-refractivity contribution in [3.05, 3.63) is 23.4 Å². The minimum absolute atomic E-state index is 0.588. The number of aryl methyl sites for hydroxylation is 1. The summed E-state index contributed by atoms with van der Waals surface area (Å²) in [6.07, 6.45) is 2.75. The van der Waals surface area contributed by atoms with E-state index in [0.29, 0.717) is 11.7 Å². The molecule has 0 aliphatic rings. The van der Waals surface area contributed by atoms with E-state index in [-0.39, 0.29) is 0 Å². The summed E-state index contributed by atoms with van der Waals surface area (Å²) in [6, 6.07) is 2.01. The Hall–Kier alpha value is -1.09. The monoisotopic (exact) mass is 193 g/mol. The summed E-state index contributed by atoms with van der Waals surface area (Å²) in [7, 11) is 1.97. The number of aromatic nitrogens is 1. The number of nitrogens with two attached hydrogens (primary N) is 1. The lowest BCUT2D eigenvalue weighted by molar-refractivity contribution is 0.541. The standard InChI is InChI=1S/C11H19N3/c1-8(7-13-3)6-10-9(2)4-5-14-11(10)12/h4-5,8,13H,6-7H2,1-3H3,(H2,12,14). The summed E-state index contributed by atoms with van der Waals surface area (Å²) in [6.45, 7) is 5.30. The zero-order valence-corrected chi connectivity index (χ0v) is 9.17. The molecule has 1 heterocycles. The first-order valence-corrected chi connectivity index (χ1v) is 4.99. The number of pyridine rings is 1. The van der Waals surface area contributed by atoms with Gasteiger partial charge < -0.3 is 11.1 Å². The third kappa shape index (κ3) is 2.70. The van der Waals surface area contributed by atoms with E-state index in [0.717, 1.165) is 13.0 Å². The fourth-order valence-electron chi connectivity index (χ4n) is 1.64. The third-order valence-corrected chi connectivity index (χ3v) is 2.43. The Labute approximate surface area is 85.7 Å². The van der Waals surface area contributed by atoms with E-state index in [9.17, 15) is 0 Å². The van der Waals surface area contributed by atoms with Crippen molar-refractivity contribution < 1.29 is 0 Å². The molecular formula is C11H19N3. The number of anilines is 1. The number of rotatable bonds is 4. The molecule has 0 radical (unpaired) electrons. The number of nitrogens with one attached hydrogen (secondary N) is 1. The first kappa shape index (κ1) is 11.0. The molecule has 0 saturated carbocycles. The van der Waals surface area contributed by atoms with Crippen LogP contribution in [-0.4, -0.2) is 18.6 Å². The maximum absolute atomic E-state index is 5.83. The Morgan fingerprint density at radius 3 is 2.86 bits per heavy atom. The van der Waals surface area contributed by atoms with Crippen LogP contribution in [-0.2, 0) is 6.42 Å². The van der Waals surface area contributed by atoms with Crippen molar-refractivity contribution in [2.24, 2.45) is 5.92 Å². The van der Waals surface area contributed by atoms with Crippen LogP contribution in [0, 0.1) is 12.8 Å². The van der Waals surface area contributed by atoms with Crippen LogP contribution >= 0.6 is 0 Å². The van der Waals surface area contributed by atoms with Crippen LogP contribution in [0.4, 0.5) is 5.82 Å². The summed E-state index contributed by atoms with van der Waals surface area (Å²) >= 11 is 0. The SMILES string of the molecule is CNCC(C)Cc1c(C)ccnc1N. The summed E-state index contributed by atoms with van der Waals surface area (Å²) < 4.78 is 0. The van der Waals surface area contributed by atoms with Gasteiger partial charge in [0.05, 0.1) is 0 Å². The predicted molar refractivity (Wildman–Crippen MR) is 60.2 cm³/mol. The van der Waals surface area contributed by atoms with E-state index in [2.05, 4.69) is 24.1 Å². The van der Waals surface area contributed by atoms with Gasteiger partial charge >= 0.3 is 0 Å². The number of hydrogen-bond acceptors (Lipinski definition) is 3. The van der Waals surface area contributed by atoms with Gasteiger partial charge in [0, 0.05) is 6.20 Å². The van der Waals surface area contributed by atoms with Crippen molar-refractivity contribution in [1.82, 2.24) is 10.3 Å². The number of hydrogen-bond donors (Lipinski definition) is 2. The minimum Gasteiger partial charge on any atom is -0.383 e. The molecule has 1 unspecified atom stereocenters. The lowest BCUT2D eigenvalue weighted by Crippen LogP contribution is -2.19. The van der Waals surface area contributed by atoms with Crippen LogP contribution in [0.3, 0.4) is 0 Å². The molecule has 0 aliphatic heterocycles. The lowest BCUT2D eigenvalue weighted by atomic mass is 9.98. The van der Waals surface area contributed by atoms with Crippen molar-refractivity contribution >= 4 is 5.82 Å². The van der Waals surface area contributed by atoms with Crippen molar-refractivity contribution in [3.8, 4) is 0 Å². The van der Waals surface area contributed by atoms with Gasteiger partial charge in [0.1, 0.15) is 5.82 Å². The van der Waals surface area contributed by atoms with E-state index in [1.54, 1.807) is 6.20 Å². The first-order valence-electron chi connectivity index (χ1n) is 4.99. The molecule has 3 nitrogen and oxygen atoms in total. The van der Waals surface area contributed by atoms with Gasteiger partial charge in [-0.05, 0) is 50.0 Å². The molecule has 0 bridgehead atoms. The molecule has 0 aliphatic carbocycles. The molecule has 1 rings (SSSR count). The van der Waals surface area contributed by atoms with E-state index in [1.165, 1.54) is 11.1 Å². The second-order valence-corrected chi connectivity index (χ2v) is 3.86. The van der Waals surface area contributed by atoms with Crippen LogP contribution in [0.1, 0.15) is 18.1 Å². The normalized spacial score (nSPS) is 12.8. The molecule has 0 spiro atoms. The molecular weight excluding hydrogens is 174 g/mol. The van der Waals surface area contributed by atoms with E-state index >= 15 is 0 Å². The van der Waals surface area contributed by atoms with Gasteiger partial charge in [-0.2, -0.15) is 0 Å². The molecule has 78 valence electrons. The summed E-state index contributed by atoms with van der Waals surface area (Å²) in [5, 5.41) is 3.17. The van der Waals surface area contributed by atoms with Crippen molar-refractivity contribution in [3.63, 3.8) is 0 Å². The zero-order chi connectivity index (χ0) is 10.6. The molecule has 1 aromatic heterocycles. The third-order valence-electron chi connectivity index (χ3n) is 2.43. The fraction of sp³-hybridized carbons (Fsp3) is 0.545. The molecule has 1 atom stereocenters. The Bertz CT molecular complexity index is 276. The van der Waals surface area contributed by atoms with Crippen molar-refractivity contribution in [2.45, 2.75) is 20.3 Å². The lowest BCUT2D eigenvalue weighted by Gasteiger charge is -2.13. The first-order chi connectivity index (χ1) is 6.65. The van der Waals surface area contributed by atoms with Gasteiger partial charge in [0.2, 0.25) is 0 Å². The number of nitrogen functional groups attached to an aromatic ring is 1. The van der Waals surface area contributed by atoms with Crippen LogP contribution in [0.5, 0.6) is 0 Å². The van der Waals surface area contributed by atoms with Crippen LogP contribution in [0.25, 0.3) is 0 Å². The van der Waals surface area contributed by atoms with Crippen LogP contribution in [0.2, 0.25) is 0 Å². The molecule has 3 N–H and O–H groups in total. The van der Waals surface area contributed by atoms with Gasteiger partial charge in [-0.25, -0.2) is 4.98 Å². The quantitative estimate of drug-likeness (QED) is 0.759.